The van der Waals surface area contributed by atoms with Crippen LogP contribution in [0.25, 0.3) is 4.96 Å². The van der Waals surface area contributed by atoms with E-state index in [4.69, 9.17) is 0 Å². The zero-order valence-electron chi connectivity index (χ0n) is 15.6. The Hall–Kier alpha value is -2.23. The van der Waals surface area contributed by atoms with E-state index >= 15 is 0 Å². The smallest absolute Gasteiger partial charge is 0.258 e. The molecule has 1 amide bonds. The third-order valence-electron chi connectivity index (χ3n) is 4.19. The summed E-state index contributed by atoms with van der Waals surface area (Å²) in [5, 5.41) is 4.71. The number of thioether (sulfide) groups is 1. The summed E-state index contributed by atoms with van der Waals surface area (Å²) in [4.78, 5) is 31.2. The van der Waals surface area contributed by atoms with Crippen LogP contribution in [-0.4, -0.2) is 46.6 Å². The number of amides is 1. The number of fused-ring (bicyclic) bond motifs is 1. The summed E-state index contributed by atoms with van der Waals surface area (Å²) in [5.74, 6) is 0.340. The van der Waals surface area contributed by atoms with Gasteiger partial charge >= 0.3 is 0 Å². The van der Waals surface area contributed by atoms with Gasteiger partial charge in [-0.2, -0.15) is 0 Å². The number of halogens is 1. The van der Waals surface area contributed by atoms with Crippen molar-refractivity contribution in [3.05, 3.63) is 69.3 Å². The number of thiazole rings is 1. The molecule has 0 aliphatic rings. The van der Waals surface area contributed by atoms with E-state index in [0.29, 0.717) is 23.0 Å². The number of nitrogens with one attached hydrogen (secondary N) is 1. The Morgan fingerprint density at radius 3 is 2.96 bits per heavy atom. The van der Waals surface area contributed by atoms with Crippen molar-refractivity contribution in [3.8, 4) is 0 Å². The van der Waals surface area contributed by atoms with Crippen molar-refractivity contribution in [2.24, 2.45) is 0 Å². The number of hydrogen-bond acceptors (Lipinski definition) is 6. The van der Waals surface area contributed by atoms with E-state index in [0.717, 1.165) is 5.56 Å². The maximum atomic E-state index is 13.5. The summed E-state index contributed by atoms with van der Waals surface area (Å²) in [6, 6.07) is 7.78. The third kappa shape index (κ3) is 5.18. The van der Waals surface area contributed by atoms with Crippen LogP contribution in [0.4, 0.5) is 4.39 Å². The van der Waals surface area contributed by atoms with Gasteiger partial charge in [0.2, 0.25) is 5.91 Å². The summed E-state index contributed by atoms with van der Waals surface area (Å²) in [5.41, 5.74) is 1.36. The monoisotopic (exact) mass is 420 g/mol. The van der Waals surface area contributed by atoms with Crippen molar-refractivity contribution in [1.29, 1.82) is 0 Å². The average Bonchev–Trinajstić information content (AvgIpc) is 3.11. The van der Waals surface area contributed by atoms with Gasteiger partial charge in [0.15, 0.2) is 4.96 Å². The number of hydrogen-bond donors (Lipinski definition) is 1. The van der Waals surface area contributed by atoms with Crippen LogP contribution in [0.1, 0.15) is 17.3 Å². The van der Waals surface area contributed by atoms with E-state index in [1.165, 1.54) is 45.7 Å². The third-order valence-corrected chi connectivity index (χ3v) is 5.91. The molecule has 0 saturated carbocycles. The summed E-state index contributed by atoms with van der Waals surface area (Å²) < 4.78 is 15.0. The molecule has 3 aromatic rings. The Labute approximate surface area is 170 Å². The zero-order valence-corrected chi connectivity index (χ0v) is 17.2. The molecule has 0 bridgehead atoms. The van der Waals surface area contributed by atoms with E-state index in [-0.39, 0.29) is 29.1 Å². The molecular formula is C19H21FN4O2S2. The van der Waals surface area contributed by atoms with Gasteiger partial charge in [0.1, 0.15) is 5.82 Å². The van der Waals surface area contributed by atoms with Gasteiger partial charge in [0.25, 0.3) is 5.56 Å². The lowest BCUT2D eigenvalue weighted by Crippen LogP contribution is -2.35. The number of carbonyl (C=O) groups excluding carboxylic acids is 1. The minimum atomic E-state index is -0.294. The number of nitrogens with zero attached hydrogens (tertiary/aromatic N) is 3. The first-order valence-corrected chi connectivity index (χ1v) is 10.7. The Morgan fingerprint density at radius 2 is 2.21 bits per heavy atom. The maximum Gasteiger partial charge on any atom is 0.258 e. The highest BCUT2D eigenvalue weighted by atomic mass is 32.2. The second-order valence-corrected chi connectivity index (χ2v) is 8.33. The largest absolute Gasteiger partial charge is 0.353 e. The van der Waals surface area contributed by atoms with E-state index in [2.05, 4.69) is 10.3 Å². The SMILES string of the molecule is CN(C)C(CNC(=O)CSCc1cc(=O)n2ccsc2n1)c1cccc(F)c1. The Morgan fingerprint density at radius 1 is 1.39 bits per heavy atom. The molecule has 3 rings (SSSR count). The van der Waals surface area contributed by atoms with E-state index < -0.39 is 0 Å². The molecule has 1 aromatic carbocycles. The van der Waals surface area contributed by atoms with Crippen molar-refractivity contribution in [2.75, 3.05) is 26.4 Å². The van der Waals surface area contributed by atoms with Crippen LogP contribution in [0.5, 0.6) is 0 Å². The summed E-state index contributed by atoms with van der Waals surface area (Å²) in [6.45, 7) is 0.386. The van der Waals surface area contributed by atoms with Crippen LogP contribution in [0.3, 0.4) is 0 Å². The van der Waals surface area contributed by atoms with E-state index in [1.54, 1.807) is 12.3 Å². The van der Waals surface area contributed by atoms with Gasteiger partial charge in [-0.15, -0.1) is 23.1 Å². The van der Waals surface area contributed by atoms with Crippen molar-refractivity contribution in [2.45, 2.75) is 11.8 Å². The van der Waals surface area contributed by atoms with Crippen LogP contribution in [-0.2, 0) is 10.5 Å². The number of aromatic nitrogens is 2. The highest BCUT2D eigenvalue weighted by Crippen LogP contribution is 2.18. The second-order valence-electron chi connectivity index (χ2n) is 6.47. The number of rotatable bonds is 8. The molecule has 0 fully saturated rings. The first kappa shape index (κ1) is 20.5. The van der Waals surface area contributed by atoms with Crippen molar-refractivity contribution in [3.63, 3.8) is 0 Å². The molecule has 1 atom stereocenters. The van der Waals surface area contributed by atoms with Gasteiger partial charge in [-0.3, -0.25) is 14.0 Å². The van der Waals surface area contributed by atoms with Gasteiger partial charge < -0.3 is 10.2 Å². The van der Waals surface area contributed by atoms with Gasteiger partial charge in [-0.1, -0.05) is 12.1 Å². The number of carbonyl (C=O) groups is 1. The highest BCUT2D eigenvalue weighted by molar-refractivity contribution is 7.99. The Balaban J connectivity index is 1.51. The quantitative estimate of drug-likeness (QED) is 0.607. The molecule has 0 aliphatic carbocycles. The highest BCUT2D eigenvalue weighted by Gasteiger charge is 2.16. The van der Waals surface area contributed by atoms with Crippen molar-refractivity contribution < 1.29 is 9.18 Å². The van der Waals surface area contributed by atoms with Crippen LogP contribution in [0.15, 0.2) is 46.7 Å². The van der Waals surface area contributed by atoms with Crippen LogP contribution in [0, 0.1) is 5.82 Å². The van der Waals surface area contributed by atoms with E-state index in [1.807, 2.05) is 30.4 Å². The van der Waals surface area contributed by atoms with Gasteiger partial charge in [-0.05, 0) is 31.8 Å². The second kappa shape index (κ2) is 9.31. The standard InChI is InChI=1S/C19H21FN4O2S2/c1-23(2)16(13-4-3-5-14(20)8-13)10-21-17(25)12-27-11-15-9-18(26)24-6-7-28-19(24)22-15/h3-9,16H,10-12H2,1-2H3,(H,21,25). The average molecular weight is 421 g/mol. The molecule has 0 radical (unpaired) electrons. The summed E-state index contributed by atoms with van der Waals surface area (Å²) in [7, 11) is 3.78. The molecule has 0 aliphatic heterocycles. The fraction of sp³-hybridized carbons (Fsp3) is 0.316. The molecule has 1 unspecified atom stereocenters. The Kier molecular flexibility index (Phi) is 6.82. The molecule has 9 heteroatoms. The number of benzene rings is 1. The van der Waals surface area contributed by atoms with Gasteiger partial charge in [-0.25, -0.2) is 9.37 Å². The van der Waals surface area contributed by atoms with Gasteiger partial charge in [0.05, 0.1) is 17.5 Å². The van der Waals surface area contributed by atoms with Crippen molar-refractivity contribution in [1.82, 2.24) is 19.6 Å². The molecule has 6 nitrogen and oxygen atoms in total. The minimum absolute atomic E-state index is 0.109. The Bertz CT molecular complexity index is 1020. The molecule has 148 valence electrons. The lowest BCUT2D eigenvalue weighted by atomic mass is 10.1. The minimum Gasteiger partial charge on any atom is -0.353 e. The lowest BCUT2D eigenvalue weighted by molar-refractivity contribution is -0.118. The summed E-state index contributed by atoms with van der Waals surface area (Å²) in [6.07, 6.45) is 1.69. The zero-order chi connectivity index (χ0) is 20.1. The molecule has 0 spiro atoms. The van der Waals surface area contributed by atoms with Crippen molar-refractivity contribution >= 4 is 34.0 Å². The fourth-order valence-corrected chi connectivity index (χ4v) is 4.27. The normalized spacial score (nSPS) is 12.4. The van der Waals surface area contributed by atoms with Crippen LogP contribution < -0.4 is 10.9 Å². The molecule has 2 aromatic heterocycles. The molecule has 1 N–H and O–H groups in total. The van der Waals surface area contributed by atoms with Gasteiger partial charge in [0, 0.05) is 29.9 Å². The number of likely N-dealkylation sites (N-methyl/N-ethyl adjacent to an activating group) is 1. The van der Waals surface area contributed by atoms with Crippen LogP contribution >= 0.6 is 23.1 Å². The van der Waals surface area contributed by atoms with Crippen LogP contribution in [0.2, 0.25) is 0 Å². The molecule has 2 heterocycles. The first-order valence-electron chi connectivity index (χ1n) is 8.66. The molecule has 0 saturated heterocycles. The first-order chi connectivity index (χ1) is 13.4. The molecule has 28 heavy (non-hydrogen) atoms. The summed E-state index contributed by atoms with van der Waals surface area (Å²) >= 11 is 2.80. The predicted octanol–water partition coefficient (Wildman–Crippen LogP) is 2.55. The fourth-order valence-electron chi connectivity index (χ4n) is 2.78. The topological polar surface area (TPSA) is 66.7 Å². The van der Waals surface area contributed by atoms with E-state index in [9.17, 15) is 14.0 Å². The maximum absolute atomic E-state index is 13.5. The lowest BCUT2D eigenvalue weighted by Gasteiger charge is -2.25. The predicted molar refractivity (Wildman–Crippen MR) is 111 cm³/mol. The molecular weight excluding hydrogens is 399 g/mol.